The Morgan fingerprint density at radius 3 is 2.47 bits per heavy atom. The minimum absolute atomic E-state index is 0.0819. The van der Waals surface area contributed by atoms with E-state index in [1.54, 1.807) is 24.9 Å². The van der Waals surface area contributed by atoms with Crippen LogP contribution in [0.5, 0.6) is 0 Å². The van der Waals surface area contributed by atoms with Crippen LogP contribution in [0.15, 0.2) is 30.5 Å². The number of nitrogens with one attached hydrogen (secondary N) is 2. The number of aromatic amines is 1. The van der Waals surface area contributed by atoms with E-state index in [1.165, 1.54) is 7.11 Å². The molecule has 1 fully saturated rings. The lowest BCUT2D eigenvalue weighted by molar-refractivity contribution is -0.135. The second-order valence-corrected chi connectivity index (χ2v) is 10.8. The highest BCUT2D eigenvalue weighted by atomic mass is 16.5. The lowest BCUT2D eigenvalue weighted by atomic mass is 9.82. The summed E-state index contributed by atoms with van der Waals surface area (Å²) in [6.07, 6.45) is 2.84. The first-order chi connectivity index (χ1) is 16.8. The molecule has 1 aliphatic rings. The van der Waals surface area contributed by atoms with Crippen molar-refractivity contribution in [3.63, 3.8) is 0 Å². The molecule has 1 aromatic heterocycles. The van der Waals surface area contributed by atoms with Gasteiger partial charge in [0.1, 0.15) is 11.9 Å². The number of carbonyl (C=O) groups excluding carboxylic acids is 2. The van der Waals surface area contributed by atoms with E-state index in [2.05, 4.69) is 15.3 Å². The Morgan fingerprint density at radius 2 is 1.89 bits per heavy atom. The Labute approximate surface area is 214 Å². The van der Waals surface area contributed by atoms with E-state index in [0.29, 0.717) is 14.0 Å². The van der Waals surface area contributed by atoms with E-state index in [4.69, 9.17) is 9.39 Å². The number of alkyl carbamates (subject to hydrolysis) is 1. The molecular weight excluding hydrogens is 459 g/mol. The summed E-state index contributed by atoms with van der Waals surface area (Å²) in [7, 11) is 1.68. The summed E-state index contributed by atoms with van der Waals surface area (Å²) in [5.41, 5.74) is 1.19. The minimum atomic E-state index is -0.959. The molecule has 0 radical (unpaired) electrons. The molecule has 196 valence electrons. The highest BCUT2D eigenvalue weighted by Crippen LogP contribution is 2.32. The summed E-state index contributed by atoms with van der Waals surface area (Å²) in [6.45, 7) is 11.6. The quantitative estimate of drug-likeness (QED) is 0.458. The summed E-state index contributed by atoms with van der Waals surface area (Å²) in [5, 5.41) is 13.0. The molecule has 2 atom stereocenters. The Hall–Kier alpha value is -2.85. The van der Waals surface area contributed by atoms with Gasteiger partial charge in [-0.3, -0.25) is 4.79 Å². The molecule has 0 saturated carbocycles. The van der Waals surface area contributed by atoms with Crippen LogP contribution >= 0.6 is 0 Å². The molecular formula is C26H39BN4O5. The number of rotatable bonds is 9. The van der Waals surface area contributed by atoms with E-state index >= 15 is 0 Å². The van der Waals surface area contributed by atoms with Crippen LogP contribution in [0.4, 0.5) is 4.79 Å². The minimum Gasteiger partial charge on any atom is -0.453 e. The SMILES string of the molecule is COC(=O)N[C@H](C(=O)N1CCC[C@H]1c1ncc(-c2ccc(BOC(C)(C)C(C)(C)O)cc2)[nH]1)C(C)C. The molecule has 1 aromatic carbocycles. The summed E-state index contributed by atoms with van der Waals surface area (Å²) in [4.78, 5) is 34.9. The maximum Gasteiger partial charge on any atom is 0.407 e. The molecule has 1 saturated heterocycles. The zero-order valence-electron chi connectivity index (χ0n) is 22.4. The number of ether oxygens (including phenoxy) is 1. The lowest BCUT2D eigenvalue weighted by Gasteiger charge is -2.37. The highest BCUT2D eigenvalue weighted by Gasteiger charge is 2.38. The van der Waals surface area contributed by atoms with Gasteiger partial charge in [-0.1, -0.05) is 43.6 Å². The Kier molecular flexibility index (Phi) is 8.51. The smallest absolute Gasteiger partial charge is 0.407 e. The number of benzene rings is 1. The van der Waals surface area contributed by atoms with Gasteiger partial charge < -0.3 is 29.7 Å². The summed E-state index contributed by atoms with van der Waals surface area (Å²) >= 11 is 0. The third-order valence-corrected chi connectivity index (χ3v) is 7.18. The molecule has 3 N–H and O–H groups in total. The lowest BCUT2D eigenvalue weighted by Crippen LogP contribution is -2.51. The maximum absolute atomic E-state index is 13.3. The van der Waals surface area contributed by atoms with Gasteiger partial charge in [0.25, 0.3) is 0 Å². The predicted molar refractivity (Wildman–Crippen MR) is 140 cm³/mol. The van der Waals surface area contributed by atoms with Gasteiger partial charge in [-0.15, -0.1) is 0 Å². The molecule has 3 rings (SSSR count). The number of aliphatic hydroxyl groups is 1. The number of aromatic nitrogens is 2. The second-order valence-electron chi connectivity index (χ2n) is 10.8. The van der Waals surface area contributed by atoms with Gasteiger partial charge in [0.05, 0.1) is 36.2 Å². The van der Waals surface area contributed by atoms with E-state index in [0.717, 1.165) is 35.4 Å². The molecule has 0 aliphatic carbocycles. The van der Waals surface area contributed by atoms with Crippen LogP contribution in [0.3, 0.4) is 0 Å². The van der Waals surface area contributed by atoms with E-state index in [-0.39, 0.29) is 17.9 Å². The highest BCUT2D eigenvalue weighted by molar-refractivity contribution is 6.47. The molecule has 0 unspecified atom stereocenters. The van der Waals surface area contributed by atoms with Crippen LogP contribution in [0.2, 0.25) is 0 Å². The van der Waals surface area contributed by atoms with Gasteiger partial charge in [-0.2, -0.15) is 0 Å². The van der Waals surface area contributed by atoms with Crippen LogP contribution < -0.4 is 10.8 Å². The van der Waals surface area contributed by atoms with E-state index in [9.17, 15) is 14.7 Å². The van der Waals surface area contributed by atoms with Gasteiger partial charge in [0.15, 0.2) is 0 Å². The van der Waals surface area contributed by atoms with E-state index in [1.807, 2.05) is 52.0 Å². The van der Waals surface area contributed by atoms with E-state index < -0.39 is 23.3 Å². The summed E-state index contributed by atoms with van der Waals surface area (Å²) < 4.78 is 10.7. The molecule has 2 heterocycles. The first kappa shape index (κ1) is 27.7. The van der Waals surface area contributed by atoms with Crippen molar-refractivity contribution in [3.05, 3.63) is 36.3 Å². The van der Waals surface area contributed by atoms with Crippen LogP contribution in [-0.2, 0) is 14.2 Å². The van der Waals surface area contributed by atoms with Gasteiger partial charge in [-0.05, 0) is 52.0 Å². The van der Waals surface area contributed by atoms with Crippen molar-refractivity contribution in [1.29, 1.82) is 0 Å². The van der Waals surface area contributed by atoms with Crippen molar-refractivity contribution in [1.82, 2.24) is 20.2 Å². The number of amides is 2. The molecule has 0 bridgehead atoms. The number of imidazole rings is 1. The first-order valence-corrected chi connectivity index (χ1v) is 12.5. The molecule has 0 spiro atoms. The third-order valence-electron chi connectivity index (χ3n) is 7.18. The average Bonchev–Trinajstić information content (AvgIpc) is 3.49. The summed E-state index contributed by atoms with van der Waals surface area (Å²) in [6, 6.07) is 7.15. The number of hydrogen-bond donors (Lipinski definition) is 3. The van der Waals surface area contributed by atoms with Crippen molar-refractivity contribution in [3.8, 4) is 11.3 Å². The second kappa shape index (κ2) is 11.0. The average molecular weight is 498 g/mol. The van der Waals surface area contributed by atoms with Crippen molar-refractivity contribution in [2.75, 3.05) is 13.7 Å². The van der Waals surface area contributed by atoms with Crippen LogP contribution in [0.25, 0.3) is 11.3 Å². The molecule has 1 aliphatic heterocycles. The van der Waals surface area contributed by atoms with Crippen molar-refractivity contribution in [2.24, 2.45) is 5.92 Å². The zero-order valence-corrected chi connectivity index (χ0v) is 22.4. The van der Waals surface area contributed by atoms with Gasteiger partial charge in [0.2, 0.25) is 5.91 Å². The molecule has 10 heteroatoms. The third kappa shape index (κ3) is 6.28. The maximum atomic E-state index is 13.3. The van der Waals surface area contributed by atoms with Gasteiger partial charge in [0, 0.05) is 6.54 Å². The normalized spacial score (nSPS) is 17.2. The molecule has 2 amide bonds. The fraction of sp³-hybridized carbons (Fsp3) is 0.577. The Balaban J connectivity index is 1.70. The standard InChI is InChI=1S/C26H39BN4O5/c1-16(2)21(30-24(33)35-7)23(32)31-14-8-9-20(31)22-28-15-19(29-22)17-10-12-18(13-11-17)27-36-26(5,6)25(3,4)34/h10-13,15-16,20-21,27,34H,8-9,14H2,1-7H3,(H,28,29)(H,30,33)/t20-,21-/m0/s1. The fourth-order valence-corrected chi connectivity index (χ4v) is 4.07. The Morgan fingerprint density at radius 1 is 1.22 bits per heavy atom. The molecule has 36 heavy (non-hydrogen) atoms. The Bertz CT molecular complexity index is 1050. The van der Waals surface area contributed by atoms with Gasteiger partial charge >= 0.3 is 13.6 Å². The zero-order chi connectivity index (χ0) is 26.7. The predicted octanol–water partition coefficient (Wildman–Crippen LogP) is 2.66. The van der Waals surface area contributed by atoms with Crippen LogP contribution in [0, 0.1) is 5.92 Å². The van der Waals surface area contributed by atoms with Crippen molar-refractivity contribution >= 4 is 24.9 Å². The fourth-order valence-electron chi connectivity index (χ4n) is 4.07. The van der Waals surface area contributed by atoms with Gasteiger partial charge in [-0.25, -0.2) is 9.78 Å². The number of methoxy groups -OCH3 is 1. The number of likely N-dealkylation sites (tertiary alicyclic amines) is 1. The number of carbonyl (C=O) groups is 2. The number of hydrogen-bond acceptors (Lipinski definition) is 6. The summed E-state index contributed by atoms with van der Waals surface area (Å²) in [5.74, 6) is 0.520. The number of nitrogens with zero attached hydrogens (tertiary/aromatic N) is 2. The number of H-pyrrole nitrogens is 1. The first-order valence-electron chi connectivity index (χ1n) is 12.5. The topological polar surface area (TPSA) is 117 Å². The molecule has 2 aromatic rings. The van der Waals surface area contributed by atoms with Crippen LogP contribution in [-0.4, -0.2) is 70.4 Å². The van der Waals surface area contributed by atoms with Crippen molar-refractivity contribution < 1.29 is 24.1 Å². The monoisotopic (exact) mass is 498 g/mol. The molecule has 9 nitrogen and oxygen atoms in total. The van der Waals surface area contributed by atoms with Crippen molar-refractivity contribution in [2.45, 2.75) is 77.7 Å². The van der Waals surface area contributed by atoms with Crippen LogP contribution in [0.1, 0.15) is 66.3 Å². The largest absolute Gasteiger partial charge is 0.453 e.